The minimum atomic E-state index is 1.22. The van der Waals surface area contributed by atoms with Gasteiger partial charge in [0.15, 0.2) is 0 Å². The number of hydrogen-bond donors (Lipinski definition) is 0. The summed E-state index contributed by atoms with van der Waals surface area (Å²) in [6, 6.07) is 10.1. The Hall–Kier alpha value is -0.860. The zero-order valence-corrected chi connectivity index (χ0v) is 32.8. The quantitative estimate of drug-likeness (QED) is 0.0518. The Morgan fingerprint density at radius 3 is 0.761 bits per heavy atom. The fourth-order valence-electron chi connectivity index (χ4n) is 8.44. The van der Waals surface area contributed by atoms with Crippen LogP contribution in [0.2, 0.25) is 0 Å². The molecule has 0 bridgehead atoms. The van der Waals surface area contributed by atoms with E-state index < -0.39 is 0 Å². The third-order valence-electron chi connectivity index (χ3n) is 10.8. The molecule has 0 spiro atoms. The molecule has 1 rings (SSSR count). The first-order valence-corrected chi connectivity index (χ1v) is 21.3. The molecule has 0 heterocycles. The number of rotatable bonds is 34. The second-order valence-corrected chi connectivity index (χ2v) is 15.5. The van der Waals surface area contributed by atoms with Crippen LogP contribution in [0.15, 0.2) is 24.3 Å². The number of quaternary nitrogens is 2. The van der Waals surface area contributed by atoms with Gasteiger partial charge >= 0.3 is 0 Å². The number of nitrogens with zero attached hydrogens (tertiary/aromatic N) is 2. The summed E-state index contributed by atoms with van der Waals surface area (Å²) in [5, 5.41) is 0. The van der Waals surface area contributed by atoms with E-state index in [0.717, 1.165) is 0 Å². The third kappa shape index (κ3) is 20.5. The molecule has 2 heteroatoms. The van der Waals surface area contributed by atoms with E-state index in [4.69, 9.17) is 0 Å². The largest absolute Gasteiger partial charge is 0.320 e. The molecule has 46 heavy (non-hydrogen) atoms. The lowest BCUT2D eigenvalue weighted by Crippen LogP contribution is -2.49. The zero-order chi connectivity index (χ0) is 33.6. The summed E-state index contributed by atoms with van der Waals surface area (Å²) in [5.41, 5.74) is 3.13. The molecule has 0 N–H and O–H groups in total. The highest BCUT2D eigenvalue weighted by molar-refractivity contribution is 5.21. The molecule has 0 fully saturated rings. The van der Waals surface area contributed by atoms with E-state index in [-0.39, 0.29) is 0 Å². The minimum absolute atomic E-state index is 1.22. The van der Waals surface area contributed by atoms with E-state index >= 15 is 0 Å². The van der Waals surface area contributed by atoms with Gasteiger partial charge in [0, 0.05) is 11.1 Å². The van der Waals surface area contributed by atoms with Gasteiger partial charge in [0.1, 0.15) is 13.1 Å². The molecule has 1 aromatic carbocycles. The van der Waals surface area contributed by atoms with E-state index in [0.29, 0.717) is 0 Å². The molecule has 2 nitrogen and oxygen atoms in total. The molecule has 0 aliphatic rings. The second kappa shape index (κ2) is 29.1. The van der Waals surface area contributed by atoms with Crippen molar-refractivity contribution in [2.24, 2.45) is 0 Å². The number of hydrogen-bond acceptors (Lipinski definition) is 0. The monoisotopic (exact) mass is 643 g/mol. The normalized spacial score (nSPS) is 12.3. The number of benzene rings is 1. The van der Waals surface area contributed by atoms with Crippen molar-refractivity contribution in [1.82, 2.24) is 0 Å². The zero-order valence-electron chi connectivity index (χ0n) is 32.8. The highest BCUT2D eigenvalue weighted by atomic mass is 15.4. The van der Waals surface area contributed by atoms with Crippen molar-refractivity contribution >= 4 is 0 Å². The summed E-state index contributed by atoms with van der Waals surface area (Å²) < 4.78 is 2.60. The van der Waals surface area contributed by atoms with Gasteiger partial charge in [0.05, 0.1) is 39.3 Å². The summed E-state index contributed by atoms with van der Waals surface area (Å²) in [6.45, 7) is 24.7. The molecule has 0 aromatic heterocycles. The maximum Gasteiger partial charge on any atom is 0.104 e. The van der Waals surface area contributed by atoms with E-state index in [9.17, 15) is 0 Å². The predicted octanol–water partition coefficient (Wildman–Crippen LogP) is 13.8. The summed E-state index contributed by atoms with van der Waals surface area (Å²) in [7, 11) is 0. The molecular formula is C44H86N2+2. The molecule has 1 aromatic rings. The van der Waals surface area contributed by atoms with Gasteiger partial charge in [-0.2, -0.15) is 0 Å². The van der Waals surface area contributed by atoms with Gasteiger partial charge in [0.25, 0.3) is 0 Å². The molecule has 0 aliphatic heterocycles. The molecule has 270 valence electrons. The lowest BCUT2D eigenvalue weighted by molar-refractivity contribution is -0.941. The Kier molecular flexibility index (Phi) is 27.3. The van der Waals surface area contributed by atoms with Gasteiger partial charge in [-0.3, -0.25) is 0 Å². The Morgan fingerprint density at radius 2 is 0.522 bits per heavy atom. The third-order valence-corrected chi connectivity index (χ3v) is 10.8. The topological polar surface area (TPSA) is 0 Å². The van der Waals surface area contributed by atoms with Crippen molar-refractivity contribution in [2.75, 3.05) is 39.3 Å². The molecule has 0 saturated heterocycles. The fraction of sp³-hybridized carbons (Fsp3) is 0.864. The van der Waals surface area contributed by atoms with Crippen LogP contribution in [0.25, 0.3) is 0 Å². The maximum absolute atomic E-state index is 2.51. The highest BCUT2D eigenvalue weighted by Crippen LogP contribution is 2.23. The summed E-state index contributed by atoms with van der Waals surface area (Å²) in [5.74, 6) is 0. The minimum Gasteiger partial charge on any atom is -0.320 e. The van der Waals surface area contributed by atoms with E-state index in [1.165, 1.54) is 215 Å². The molecule has 0 amide bonds. The van der Waals surface area contributed by atoms with Gasteiger partial charge in [-0.25, -0.2) is 0 Å². The van der Waals surface area contributed by atoms with Crippen LogP contribution in [0.5, 0.6) is 0 Å². The predicted molar refractivity (Wildman–Crippen MR) is 208 cm³/mol. The van der Waals surface area contributed by atoms with Crippen molar-refractivity contribution in [3.8, 4) is 0 Å². The number of unbranched alkanes of at least 4 members (excludes halogenated alkanes) is 18. The van der Waals surface area contributed by atoms with Crippen LogP contribution in [0.4, 0.5) is 0 Å². The van der Waals surface area contributed by atoms with Crippen LogP contribution in [0, 0.1) is 0 Å². The first-order valence-electron chi connectivity index (χ1n) is 21.3. The van der Waals surface area contributed by atoms with Gasteiger partial charge < -0.3 is 8.97 Å². The summed E-state index contributed by atoms with van der Waals surface area (Å²) in [4.78, 5) is 0. The Labute approximate surface area is 291 Å². The SMILES string of the molecule is CCCCCCCCCCCC[N+](CCC)(CCC)Cc1ccc(C[N+](CCC)(CCC)CCCCCCCCCCCC)cc1. The highest BCUT2D eigenvalue weighted by Gasteiger charge is 2.27. The van der Waals surface area contributed by atoms with Gasteiger partial charge in [-0.1, -0.05) is 169 Å². The molecule has 0 unspecified atom stereocenters. The lowest BCUT2D eigenvalue weighted by atomic mass is 10.0. The second-order valence-electron chi connectivity index (χ2n) is 15.5. The molecule has 0 radical (unpaired) electrons. The Balaban J connectivity index is 2.67. The average Bonchev–Trinajstić information content (AvgIpc) is 3.04. The van der Waals surface area contributed by atoms with Crippen molar-refractivity contribution in [3.63, 3.8) is 0 Å². The van der Waals surface area contributed by atoms with Crippen molar-refractivity contribution < 1.29 is 8.97 Å². The van der Waals surface area contributed by atoms with Gasteiger partial charge in [-0.15, -0.1) is 0 Å². The Morgan fingerprint density at radius 1 is 0.283 bits per heavy atom. The average molecular weight is 643 g/mol. The van der Waals surface area contributed by atoms with E-state index in [1.54, 1.807) is 11.1 Å². The van der Waals surface area contributed by atoms with E-state index in [1.807, 2.05) is 0 Å². The van der Waals surface area contributed by atoms with Crippen molar-refractivity contribution in [2.45, 2.75) is 209 Å². The van der Waals surface area contributed by atoms with Crippen LogP contribution >= 0.6 is 0 Å². The van der Waals surface area contributed by atoms with Gasteiger partial charge in [0.2, 0.25) is 0 Å². The molecule has 0 saturated carbocycles. The van der Waals surface area contributed by atoms with Crippen LogP contribution in [0.1, 0.15) is 207 Å². The van der Waals surface area contributed by atoms with Crippen molar-refractivity contribution in [3.05, 3.63) is 35.4 Å². The van der Waals surface area contributed by atoms with Crippen LogP contribution in [0.3, 0.4) is 0 Å². The summed E-state index contributed by atoms with van der Waals surface area (Å²) >= 11 is 0. The summed E-state index contributed by atoms with van der Waals surface area (Å²) in [6.07, 6.45) is 33.8. The molecule has 0 atom stereocenters. The first-order chi connectivity index (χ1) is 22.5. The lowest BCUT2D eigenvalue weighted by Gasteiger charge is -2.40. The Bertz CT molecular complexity index is 692. The van der Waals surface area contributed by atoms with Gasteiger partial charge in [-0.05, 0) is 51.4 Å². The molecular weight excluding hydrogens is 556 g/mol. The first kappa shape index (κ1) is 43.2. The van der Waals surface area contributed by atoms with Crippen LogP contribution in [-0.2, 0) is 13.1 Å². The van der Waals surface area contributed by atoms with Crippen molar-refractivity contribution in [1.29, 1.82) is 0 Å². The smallest absolute Gasteiger partial charge is 0.104 e. The standard InChI is InChI=1S/C44H86N2/c1-7-13-15-17-19-21-23-25-27-29-39-45(35-9-3,36-10-4)41-43-31-33-44(34-32-43)42-46(37-11-5,38-12-6)40-30-28-26-24-22-20-18-16-14-8-2/h31-34H,7-30,35-42H2,1-6H3/q+2. The van der Waals surface area contributed by atoms with Crippen LogP contribution in [-0.4, -0.2) is 48.2 Å². The molecule has 0 aliphatic carbocycles. The van der Waals surface area contributed by atoms with Crippen LogP contribution < -0.4 is 0 Å². The van der Waals surface area contributed by atoms with E-state index in [2.05, 4.69) is 65.8 Å². The maximum atomic E-state index is 2.51. The fourth-order valence-corrected chi connectivity index (χ4v) is 8.44.